The number of aromatic nitrogens is 4. The standard InChI is InChI=1S/C68H62N4O.Pt/c1-45(66(2,3)4)48-35-36-69-64(40-48)72-60-30-18-17-27-58(60)59-33-32-55(43-62(59)72)73-54-26-19-25-53(42-54)70-44-71(63-39-49(31-34-61(63)70)46-21-13-11-14-22-46)65-56(47-23-15-12-16-24-47)28-20-29-57(65)50-37-51(67(5,6)7)41-52(38-50)68(8,9)10;/h11-41,45H,1-10H3;/q-2;/i12D,15D,16D,23D,24D,45D;. The van der Waals surface area contributed by atoms with Crippen LogP contribution in [0, 0.1) is 23.9 Å². The van der Waals surface area contributed by atoms with Gasteiger partial charge in [-0.05, 0) is 108 Å². The van der Waals surface area contributed by atoms with Gasteiger partial charge in [0.2, 0.25) is 0 Å². The predicted octanol–water partition coefficient (Wildman–Crippen LogP) is 17.3. The van der Waals surface area contributed by atoms with Gasteiger partial charge in [0, 0.05) is 45.6 Å². The van der Waals surface area contributed by atoms with E-state index in [-0.39, 0.29) is 55.0 Å². The number of para-hydroxylation sites is 2. The van der Waals surface area contributed by atoms with E-state index in [0.717, 1.165) is 71.8 Å². The van der Waals surface area contributed by atoms with E-state index >= 15 is 0 Å². The summed E-state index contributed by atoms with van der Waals surface area (Å²) in [5, 5.41) is 2.02. The van der Waals surface area contributed by atoms with E-state index in [2.05, 4.69) is 146 Å². The van der Waals surface area contributed by atoms with Crippen LogP contribution in [0.5, 0.6) is 11.5 Å². The summed E-state index contributed by atoms with van der Waals surface area (Å²) in [4.78, 5) is 4.86. The first-order valence-electron chi connectivity index (χ1n) is 28.0. The van der Waals surface area contributed by atoms with E-state index in [4.69, 9.17) is 13.8 Å². The van der Waals surface area contributed by atoms with Gasteiger partial charge in [-0.15, -0.1) is 29.7 Å². The number of hydrogen-bond acceptors (Lipinski definition) is 2. The Morgan fingerprint density at radius 2 is 1.27 bits per heavy atom. The molecule has 0 aliphatic rings. The van der Waals surface area contributed by atoms with Crippen molar-refractivity contribution in [2.24, 2.45) is 5.41 Å². The van der Waals surface area contributed by atoms with Crippen molar-refractivity contribution in [2.45, 2.75) is 86.0 Å². The summed E-state index contributed by atoms with van der Waals surface area (Å²) in [5.41, 5.74) is 11.1. The number of ether oxygens (including phenoxy) is 1. The molecule has 3 aromatic heterocycles. The normalized spacial score (nSPS) is 14.1. The van der Waals surface area contributed by atoms with Crippen LogP contribution in [-0.2, 0) is 31.9 Å². The number of rotatable bonds is 9. The molecule has 0 amide bonds. The van der Waals surface area contributed by atoms with Gasteiger partial charge in [-0.3, -0.25) is 4.57 Å². The molecule has 0 radical (unpaired) electrons. The molecule has 8 aromatic carbocycles. The fourth-order valence-corrected chi connectivity index (χ4v) is 9.64. The average Bonchev–Trinajstić information content (AvgIpc) is 3.97. The average molecular weight is 1150 g/mol. The third-order valence-corrected chi connectivity index (χ3v) is 14.1. The number of nitrogens with zero attached hydrogens (tertiary/aromatic N) is 4. The van der Waals surface area contributed by atoms with E-state index in [0.29, 0.717) is 34.3 Å². The number of benzene rings is 8. The molecule has 0 N–H and O–H groups in total. The molecule has 11 aromatic rings. The second kappa shape index (κ2) is 19.5. The van der Waals surface area contributed by atoms with Crippen molar-refractivity contribution in [3.8, 4) is 62.1 Å². The molecule has 0 bridgehead atoms. The van der Waals surface area contributed by atoms with E-state index in [1.165, 1.54) is 0 Å². The molecule has 0 aliphatic heterocycles. The van der Waals surface area contributed by atoms with Gasteiger partial charge in [-0.2, -0.15) is 18.2 Å². The van der Waals surface area contributed by atoms with Crippen molar-refractivity contribution in [3.05, 3.63) is 223 Å². The predicted molar refractivity (Wildman–Crippen MR) is 302 cm³/mol. The molecule has 11 rings (SSSR count). The Labute approximate surface area is 459 Å². The largest absolute Gasteiger partial charge is 0.510 e. The van der Waals surface area contributed by atoms with Crippen LogP contribution in [0.2, 0.25) is 0 Å². The maximum Gasteiger partial charge on any atom is 0.268 e. The number of imidazole rings is 1. The van der Waals surface area contributed by atoms with Crippen molar-refractivity contribution < 1.29 is 38.6 Å². The fraction of sp³-hybridized carbons (Fsp3) is 0.206. The smallest absolute Gasteiger partial charge is 0.268 e. The van der Waals surface area contributed by atoms with Crippen molar-refractivity contribution >= 4 is 32.8 Å². The van der Waals surface area contributed by atoms with Crippen LogP contribution in [0.25, 0.3) is 83.4 Å². The first-order chi connectivity index (χ1) is 37.4. The van der Waals surface area contributed by atoms with Crippen LogP contribution in [0.4, 0.5) is 0 Å². The van der Waals surface area contributed by atoms with Gasteiger partial charge in [-0.25, -0.2) is 4.98 Å². The van der Waals surface area contributed by atoms with E-state index in [1.807, 2.05) is 107 Å². The third-order valence-electron chi connectivity index (χ3n) is 14.1. The Morgan fingerprint density at radius 1 is 0.595 bits per heavy atom. The summed E-state index contributed by atoms with van der Waals surface area (Å²) in [6.45, 7) is 21.4. The van der Waals surface area contributed by atoms with Crippen molar-refractivity contribution in [1.82, 2.24) is 14.1 Å². The van der Waals surface area contributed by atoms with Crippen LogP contribution >= 0.6 is 0 Å². The maximum absolute atomic E-state index is 9.41. The zero-order valence-electron chi connectivity index (χ0n) is 49.5. The van der Waals surface area contributed by atoms with E-state index < -0.39 is 24.0 Å². The molecule has 0 saturated carbocycles. The minimum absolute atomic E-state index is 0. The zero-order chi connectivity index (χ0) is 56.1. The Hall–Kier alpha value is -7.33. The first-order valence-corrected chi connectivity index (χ1v) is 25.0. The molecule has 0 fully saturated rings. The van der Waals surface area contributed by atoms with Crippen molar-refractivity contribution in [1.29, 1.82) is 0 Å². The maximum atomic E-state index is 9.41. The van der Waals surface area contributed by atoms with Crippen LogP contribution < -0.4 is 9.30 Å². The van der Waals surface area contributed by atoms with Crippen LogP contribution in [0.15, 0.2) is 188 Å². The first kappa shape index (κ1) is 43.1. The molecular weight excluding hydrogens is 1080 g/mol. The molecule has 5 nitrogen and oxygen atoms in total. The summed E-state index contributed by atoms with van der Waals surface area (Å²) < 4.78 is 67.1. The van der Waals surface area contributed by atoms with Gasteiger partial charge in [0.1, 0.15) is 5.82 Å². The Bertz CT molecular complexity index is 4160. The minimum Gasteiger partial charge on any atom is -0.510 e. The van der Waals surface area contributed by atoms with Gasteiger partial charge in [-0.1, -0.05) is 202 Å². The molecule has 74 heavy (non-hydrogen) atoms. The van der Waals surface area contributed by atoms with Crippen LogP contribution in [0.1, 0.15) is 100 Å². The van der Waals surface area contributed by atoms with Gasteiger partial charge >= 0.3 is 0 Å². The second-order valence-corrected chi connectivity index (χ2v) is 22.1. The van der Waals surface area contributed by atoms with Gasteiger partial charge in [0.05, 0.1) is 23.6 Å². The zero-order valence-corrected chi connectivity index (χ0v) is 45.8. The van der Waals surface area contributed by atoms with Crippen LogP contribution in [-0.4, -0.2) is 14.1 Å². The SMILES string of the molecule is [2H]c1c([2H])c([2H])c(-c2cccc(-c3cc(C(C)(C)C)cc(C(C)(C)C)c3)c2-[n+]2[c-]n(-c3[c-]c(Oc4[c-]c5c(cc4)c4ccccc4n5-c4cc(C([2H])(C)C(C)(C)C)ccn4)ccc3)c3ccc(-c4ccccc4)cc32)c([2H])c1[2H].[Pt]. The van der Waals surface area contributed by atoms with Crippen molar-refractivity contribution in [3.63, 3.8) is 0 Å². The van der Waals surface area contributed by atoms with Crippen LogP contribution in [0.3, 0.4) is 0 Å². The number of pyridine rings is 1. The van der Waals surface area contributed by atoms with Gasteiger partial charge < -0.3 is 13.9 Å². The quantitative estimate of drug-likeness (QED) is 0.107. The molecule has 0 aliphatic carbocycles. The molecule has 0 spiro atoms. The third kappa shape index (κ3) is 9.55. The molecule has 1 atom stereocenters. The van der Waals surface area contributed by atoms with E-state index in [9.17, 15) is 4.11 Å². The van der Waals surface area contributed by atoms with Gasteiger partial charge in [0.15, 0.2) is 0 Å². The molecule has 0 saturated heterocycles. The van der Waals surface area contributed by atoms with Crippen molar-refractivity contribution in [2.75, 3.05) is 0 Å². The fourth-order valence-electron chi connectivity index (χ4n) is 9.64. The topological polar surface area (TPSA) is 35.9 Å². The molecule has 1 unspecified atom stereocenters. The minimum atomic E-state index is -0.890. The number of hydrogen-bond donors (Lipinski definition) is 0. The molecular formula is C68H62N4OPt-2. The Balaban J connectivity index is 0.00000720. The Kier molecular flexibility index (Phi) is 11.4. The Morgan fingerprint density at radius 3 is 1.99 bits per heavy atom. The molecule has 372 valence electrons. The summed E-state index contributed by atoms with van der Waals surface area (Å²) in [7, 11) is 0. The molecule has 3 heterocycles. The second-order valence-electron chi connectivity index (χ2n) is 22.1. The summed E-state index contributed by atoms with van der Waals surface area (Å²) >= 11 is 0. The molecule has 6 heteroatoms. The summed E-state index contributed by atoms with van der Waals surface area (Å²) in [5.74, 6) is 0.690. The van der Waals surface area contributed by atoms with Gasteiger partial charge in [0.25, 0.3) is 6.33 Å². The summed E-state index contributed by atoms with van der Waals surface area (Å²) in [6.07, 6.45) is 5.51. The summed E-state index contributed by atoms with van der Waals surface area (Å²) in [6, 6.07) is 56.0. The monoisotopic (exact) mass is 1150 g/mol. The number of fused-ring (bicyclic) bond motifs is 4. The van der Waals surface area contributed by atoms with E-state index in [1.54, 1.807) is 6.20 Å².